The molecule has 0 radical (unpaired) electrons. The molecule has 6 nitrogen and oxygen atoms in total. The normalized spacial score (nSPS) is 12.2. The largest absolute Gasteiger partial charge is 0.462 e. The van der Waals surface area contributed by atoms with Crippen molar-refractivity contribution in [1.29, 1.82) is 0 Å². The molecule has 356 valence electrons. The van der Waals surface area contributed by atoms with Gasteiger partial charge in [-0.3, -0.25) is 14.4 Å². The van der Waals surface area contributed by atoms with Gasteiger partial charge in [-0.15, -0.1) is 0 Å². The molecule has 0 N–H and O–H groups in total. The van der Waals surface area contributed by atoms with E-state index in [2.05, 4.69) is 57.2 Å². The lowest BCUT2D eigenvalue weighted by Crippen LogP contribution is -2.30. The Labute approximate surface area is 378 Å². The molecule has 0 saturated carbocycles. The maximum absolute atomic E-state index is 12.8. The van der Waals surface area contributed by atoms with Gasteiger partial charge in [0.1, 0.15) is 13.2 Å². The van der Waals surface area contributed by atoms with Crippen molar-refractivity contribution in [2.75, 3.05) is 13.2 Å². The third kappa shape index (κ3) is 48.5. The van der Waals surface area contributed by atoms with Gasteiger partial charge in [-0.1, -0.05) is 224 Å². The van der Waals surface area contributed by atoms with Gasteiger partial charge in [0.25, 0.3) is 0 Å². The zero-order valence-corrected chi connectivity index (χ0v) is 40.7. The summed E-state index contributed by atoms with van der Waals surface area (Å²) >= 11 is 0. The molecular weight excluding hydrogens is 757 g/mol. The molecule has 0 spiro atoms. The first-order valence-electron chi connectivity index (χ1n) is 26.5. The number of hydrogen-bond acceptors (Lipinski definition) is 6. The molecule has 0 aliphatic heterocycles. The summed E-state index contributed by atoms with van der Waals surface area (Å²) in [6.07, 6.45) is 58.6. The van der Waals surface area contributed by atoms with E-state index in [1.807, 2.05) is 0 Å². The number of rotatable bonds is 48. The van der Waals surface area contributed by atoms with Crippen LogP contribution in [0.4, 0.5) is 0 Å². The van der Waals surface area contributed by atoms with Gasteiger partial charge in [-0.05, 0) is 70.6 Å². The Morgan fingerprint density at radius 2 is 0.639 bits per heavy atom. The Bertz CT molecular complexity index is 1030. The number of unbranched alkanes of at least 4 members (excludes halogenated alkanes) is 31. The Morgan fingerprint density at radius 1 is 0.344 bits per heavy atom. The fourth-order valence-electron chi connectivity index (χ4n) is 7.65. The van der Waals surface area contributed by atoms with Crippen LogP contribution in [0, 0.1) is 0 Å². The van der Waals surface area contributed by atoms with Crippen LogP contribution in [0.2, 0.25) is 0 Å². The molecule has 6 heteroatoms. The van der Waals surface area contributed by atoms with Crippen molar-refractivity contribution in [3.8, 4) is 0 Å². The lowest BCUT2D eigenvalue weighted by atomic mass is 10.0. The lowest BCUT2D eigenvalue weighted by molar-refractivity contribution is -0.167. The molecule has 0 saturated heterocycles. The molecule has 1 unspecified atom stereocenters. The number of esters is 3. The second-order valence-electron chi connectivity index (χ2n) is 17.8. The molecule has 61 heavy (non-hydrogen) atoms. The summed E-state index contributed by atoms with van der Waals surface area (Å²) < 4.78 is 16.7. The minimum Gasteiger partial charge on any atom is -0.462 e. The average molecular weight is 857 g/mol. The standard InChI is InChI=1S/C55H100O6/c1-4-7-10-13-16-19-21-23-25-26-27-28-30-31-33-36-39-42-45-48-54(57)60-51-52(50-59-53(56)47-44-41-38-35-18-15-12-9-6-3)61-55(58)49-46-43-40-37-34-32-29-24-22-20-17-14-11-8-5-2/h9,12,18,26-27,35,52H,4-8,10-11,13-17,19-25,28-34,36-51H2,1-3H3/b12-9-,27-26-,35-18-. The monoisotopic (exact) mass is 857 g/mol. The van der Waals surface area contributed by atoms with Crippen LogP contribution in [-0.4, -0.2) is 37.2 Å². The number of hydrogen-bond donors (Lipinski definition) is 0. The highest BCUT2D eigenvalue weighted by Gasteiger charge is 2.19. The van der Waals surface area contributed by atoms with E-state index in [1.54, 1.807) is 0 Å². The predicted molar refractivity (Wildman–Crippen MR) is 261 cm³/mol. The van der Waals surface area contributed by atoms with Gasteiger partial charge in [0.15, 0.2) is 6.10 Å². The molecule has 0 bridgehead atoms. The van der Waals surface area contributed by atoms with Gasteiger partial charge < -0.3 is 14.2 Å². The maximum Gasteiger partial charge on any atom is 0.306 e. The molecule has 0 aromatic rings. The molecule has 0 fully saturated rings. The summed E-state index contributed by atoms with van der Waals surface area (Å²) in [7, 11) is 0. The fraction of sp³-hybridized carbons (Fsp3) is 0.836. The highest BCUT2D eigenvalue weighted by atomic mass is 16.6. The van der Waals surface area contributed by atoms with Crippen LogP contribution >= 0.6 is 0 Å². The van der Waals surface area contributed by atoms with Crippen molar-refractivity contribution >= 4 is 17.9 Å². The Balaban J connectivity index is 4.28. The van der Waals surface area contributed by atoms with E-state index in [4.69, 9.17) is 14.2 Å². The van der Waals surface area contributed by atoms with Gasteiger partial charge >= 0.3 is 17.9 Å². The van der Waals surface area contributed by atoms with Crippen molar-refractivity contribution in [3.63, 3.8) is 0 Å². The van der Waals surface area contributed by atoms with Gasteiger partial charge in [-0.2, -0.15) is 0 Å². The SMILES string of the molecule is CC/C=C\C/C=C\CCCCC(=O)OCC(COC(=O)CCCCCCCCC/C=C\CCCCCCCCCC)OC(=O)CCCCCCCCCCCCCCCCC. The van der Waals surface area contributed by atoms with E-state index in [9.17, 15) is 14.4 Å². The number of ether oxygens (including phenoxy) is 3. The molecule has 0 rings (SSSR count). The van der Waals surface area contributed by atoms with E-state index >= 15 is 0 Å². The minimum atomic E-state index is -0.782. The number of allylic oxidation sites excluding steroid dienone is 6. The van der Waals surface area contributed by atoms with Crippen molar-refractivity contribution in [2.24, 2.45) is 0 Å². The van der Waals surface area contributed by atoms with Crippen LogP contribution in [0.15, 0.2) is 36.5 Å². The van der Waals surface area contributed by atoms with E-state index in [0.717, 1.165) is 70.6 Å². The van der Waals surface area contributed by atoms with E-state index in [-0.39, 0.29) is 31.1 Å². The van der Waals surface area contributed by atoms with Gasteiger partial charge in [0, 0.05) is 19.3 Å². The van der Waals surface area contributed by atoms with Crippen LogP contribution in [0.3, 0.4) is 0 Å². The van der Waals surface area contributed by atoms with Crippen molar-refractivity contribution < 1.29 is 28.6 Å². The van der Waals surface area contributed by atoms with Crippen LogP contribution < -0.4 is 0 Å². The fourth-order valence-corrected chi connectivity index (χ4v) is 7.65. The van der Waals surface area contributed by atoms with Crippen molar-refractivity contribution in [3.05, 3.63) is 36.5 Å². The zero-order valence-electron chi connectivity index (χ0n) is 40.7. The summed E-state index contributed by atoms with van der Waals surface area (Å²) in [4.78, 5) is 37.9. The van der Waals surface area contributed by atoms with Gasteiger partial charge in [0.2, 0.25) is 0 Å². The molecule has 0 aliphatic carbocycles. The first-order chi connectivity index (χ1) is 30.0. The lowest BCUT2D eigenvalue weighted by Gasteiger charge is -2.18. The molecule has 0 aromatic heterocycles. The molecule has 0 aromatic carbocycles. The quantitative estimate of drug-likeness (QED) is 0.0262. The second kappa shape index (κ2) is 50.3. The summed E-state index contributed by atoms with van der Waals surface area (Å²) in [6.45, 7) is 6.51. The average Bonchev–Trinajstić information content (AvgIpc) is 3.26. The van der Waals surface area contributed by atoms with E-state index in [1.165, 1.54) is 167 Å². The third-order valence-corrected chi connectivity index (χ3v) is 11.6. The Kier molecular flexibility index (Phi) is 48.3. The number of carbonyl (C=O) groups excluding carboxylic acids is 3. The molecule has 0 aliphatic rings. The predicted octanol–water partition coefficient (Wildman–Crippen LogP) is 17.3. The first-order valence-corrected chi connectivity index (χ1v) is 26.5. The van der Waals surface area contributed by atoms with Crippen LogP contribution in [-0.2, 0) is 28.6 Å². The smallest absolute Gasteiger partial charge is 0.306 e. The van der Waals surface area contributed by atoms with Crippen LogP contribution in [0.5, 0.6) is 0 Å². The summed E-state index contributed by atoms with van der Waals surface area (Å²) in [5.41, 5.74) is 0. The summed E-state index contributed by atoms with van der Waals surface area (Å²) in [5.74, 6) is -0.913. The van der Waals surface area contributed by atoms with Crippen molar-refractivity contribution in [2.45, 2.75) is 284 Å². The molecular formula is C55H100O6. The minimum absolute atomic E-state index is 0.0818. The highest BCUT2D eigenvalue weighted by Crippen LogP contribution is 2.16. The molecule has 0 amide bonds. The summed E-state index contributed by atoms with van der Waals surface area (Å²) in [6, 6.07) is 0. The number of carbonyl (C=O) groups is 3. The second-order valence-corrected chi connectivity index (χ2v) is 17.8. The molecule has 0 heterocycles. The van der Waals surface area contributed by atoms with E-state index < -0.39 is 6.10 Å². The zero-order chi connectivity index (χ0) is 44.4. The van der Waals surface area contributed by atoms with E-state index in [0.29, 0.717) is 19.3 Å². The third-order valence-electron chi connectivity index (χ3n) is 11.6. The van der Waals surface area contributed by atoms with Crippen molar-refractivity contribution in [1.82, 2.24) is 0 Å². The Hall–Kier alpha value is -2.37. The van der Waals surface area contributed by atoms with Gasteiger partial charge in [0.05, 0.1) is 0 Å². The first kappa shape index (κ1) is 58.6. The van der Waals surface area contributed by atoms with Crippen LogP contribution in [0.25, 0.3) is 0 Å². The maximum atomic E-state index is 12.8. The Morgan fingerprint density at radius 3 is 1.03 bits per heavy atom. The molecule has 1 atom stereocenters. The topological polar surface area (TPSA) is 78.9 Å². The highest BCUT2D eigenvalue weighted by molar-refractivity contribution is 5.71. The van der Waals surface area contributed by atoms with Gasteiger partial charge in [-0.25, -0.2) is 0 Å². The van der Waals surface area contributed by atoms with Crippen LogP contribution in [0.1, 0.15) is 278 Å². The summed E-state index contributed by atoms with van der Waals surface area (Å²) in [5, 5.41) is 0.